The Labute approximate surface area is 158 Å². The third kappa shape index (κ3) is 3.77. The number of fused-ring (bicyclic) bond motifs is 1. The molecule has 0 saturated heterocycles. The van der Waals surface area contributed by atoms with E-state index in [1.807, 2.05) is 0 Å². The van der Waals surface area contributed by atoms with Crippen LogP contribution in [0.1, 0.15) is 0 Å². The van der Waals surface area contributed by atoms with E-state index in [1.165, 1.54) is 6.07 Å². The van der Waals surface area contributed by atoms with E-state index < -0.39 is 10.0 Å². The molecule has 10 nitrogen and oxygen atoms in total. The maximum Gasteiger partial charge on any atom is 0.242 e. The number of anilines is 1. The van der Waals surface area contributed by atoms with Crippen molar-refractivity contribution in [3.63, 3.8) is 0 Å². The molecule has 27 heavy (non-hydrogen) atoms. The summed E-state index contributed by atoms with van der Waals surface area (Å²) >= 11 is 0.983. The number of nitrogens with one attached hydrogen (secondary N) is 2. The molecule has 0 bridgehead atoms. The molecule has 0 amide bonds. The number of sulfonamides is 1. The van der Waals surface area contributed by atoms with Crippen molar-refractivity contribution in [2.75, 3.05) is 18.4 Å². The van der Waals surface area contributed by atoms with Crippen LogP contribution in [0.2, 0.25) is 0 Å². The van der Waals surface area contributed by atoms with E-state index in [4.69, 9.17) is 0 Å². The minimum Gasteiger partial charge on any atom is -0.367 e. The SMILES string of the molecule is O=S(=O)(NCCNc1ccc(-n2cccn2)nn1)c1cccc2nsnc12. The van der Waals surface area contributed by atoms with Gasteiger partial charge in [-0.15, -0.1) is 10.2 Å². The second-order valence-corrected chi connectivity index (χ2v) is 7.70. The lowest BCUT2D eigenvalue weighted by atomic mass is 10.3. The summed E-state index contributed by atoms with van der Waals surface area (Å²) in [5.74, 6) is 1.13. The van der Waals surface area contributed by atoms with Gasteiger partial charge in [-0.3, -0.25) is 0 Å². The molecule has 0 aliphatic rings. The highest BCUT2D eigenvalue weighted by Crippen LogP contribution is 2.20. The third-order valence-electron chi connectivity index (χ3n) is 3.65. The van der Waals surface area contributed by atoms with Crippen LogP contribution in [0.3, 0.4) is 0 Å². The molecule has 0 unspecified atom stereocenters. The highest BCUT2D eigenvalue weighted by molar-refractivity contribution is 7.89. The molecule has 0 spiro atoms. The minimum absolute atomic E-state index is 0.122. The van der Waals surface area contributed by atoms with Gasteiger partial charge in [0.05, 0.1) is 11.7 Å². The number of benzene rings is 1. The maximum absolute atomic E-state index is 12.5. The van der Waals surface area contributed by atoms with Crippen molar-refractivity contribution in [2.45, 2.75) is 4.90 Å². The average Bonchev–Trinajstić information content (AvgIpc) is 3.37. The molecule has 0 aliphatic heterocycles. The Morgan fingerprint density at radius 1 is 1.04 bits per heavy atom. The number of nitrogens with zero attached hydrogens (tertiary/aromatic N) is 6. The second kappa shape index (κ2) is 7.34. The van der Waals surface area contributed by atoms with Gasteiger partial charge in [-0.05, 0) is 30.3 Å². The average molecular weight is 402 g/mol. The van der Waals surface area contributed by atoms with Crippen molar-refractivity contribution < 1.29 is 8.42 Å². The topological polar surface area (TPSA) is 128 Å². The second-order valence-electron chi connectivity index (χ2n) is 5.44. The van der Waals surface area contributed by atoms with Crippen molar-refractivity contribution in [3.05, 3.63) is 48.8 Å². The van der Waals surface area contributed by atoms with Crippen molar-refractivity contribution in [1.82, 2.24) is 33.4 Å². The maximum atomic E-state index is 12.5. The van der Waals surface area contributed by atoms with E-state index in [0.717, 1.165) is 11.7 Å². The zero-order valence-electron chi connectivity index (χ0n) is 13.8. The lowest BCUT2D eigenvalue weighted by molar-refractivity contribution is 0.583. The summed E-state index contributed by atoms with van der Waals surface area (Å²) in [7, 11) is -3.68. The molecular formula is C15H14N8O2S2. The first-order valence-corrected chi connectivity index (χ1v) is 10.1. The molecule has 0 aliphatic carbocycles. The van der Waals surface area contributed by atoms with Crippen LogP contribution in [-0.2, 0) is 10.0 Å². The Kier molecular flexibility index (Phi) is 4.75. The fourth-order valence-corrected chi connectivity index (χ4v) is 4.19. The molecule has 0 radical (unpaired) electrons. The summed E-state index contributed by atoms with van der Waals surface area (Å²) in [6.45, 7) is 0.527. The number of rotatable bonds is 7. The number of aromatic nitrogens is 6. The molecule has 1 aromatic carbocycles. The quantitative estimate of drug-likeness (QED) is 0.439. The first-order chi connectivity index (χ1) is 13.1. The fourth-order valence-electron chi connectivity index (χ4n) is 2.40. The fraction of sp³-hybridized carbons (Fsp3) is 0.133. The van der Waals surface area contributed by atoms with Gasteiger partial charge in [-0.1, -0.05) is 6.07 Å². The van der Waals surface area contributed by atoms with E-state index in [2.05, 4.69) is 34.1 Å². The predicted molar refractivity (Wildman–Crippen MR) is 100 cm³/mol. The van der Waals surface area contributed by atoms with Crippen molar-refractivity contribution >= 4 is 38.6 Å². The van der Waals surface area contributed by atoms with Gasteiger partial charge in [0.25, 0.3) is 0 Å². The molecule has 4 aromatic rings. The van der Waals surface area contributed by atoms with Crippen LogP contribution >= 0.6 is 11.7 Å². The lowest BCUT2D eigenvalue weighted by Crippen LogP contribution is -2.29. The highest BCUT2D eigenvalue weighted by atomic mass is 32.2. The zero-order chi connectivity index (χ0) is 18.7. The lowest BCUT2D eigenvalue weighted by Gasteiger charge is -2.08. The molecule has 3 aromatic heterocycles. The first kappa shape index (κ1) is 17.5. The monoisotopic (exact) mass is 402 g/mol. The van der Waals surface area contributed by atoms with E-state index in [0.29, 0.717) is 29.2 Å². The van der Waals surface area contributed by atoms with Crippen LogP contribution in [0, 0.1) is 0 Å². The zero-order valence-corrected chi connectivity index (χ0v) is 15.5. The van der Waals surface area contributed by atoms with Crippen LogP contribution in [0.5, 0.6) is 0 Å². The summed E-state index contributed by atoms with van der Waals surface area (Å²) < 4.78 is 37.2. The van der Waals surface area contributed by atoms with Gasteiger partial charge in [0.2, 0.25) is 10.0 Å². The van der Waals surface area contributed by atoms with Gasteiger partial charge in [0, 0.05) is 25.5 Å². The Morgan fingerprint density at radius 3 is 2.74 bits per heavy atom. The van der Waals surface area contributed by atoms with Crippen molar-refractivity contribution in [3.8, 4) is 5.82 Å². The largest absolute Gasteiger partial charge is 0.367 e. The Balaban J connectivity index is 1.35. The van der Waals surface area contributed by atoms with Gasteiger partial charge < -0.3 is 5.32 Å². The predicted octanol–water partition coefficient (Wildman–Crippen LogP) is 1.06. The van der Waals surface area contributed by atoms with Gasteiger partial charge in [-0.25, -0.2) is 17.8 Å². The van der Waals surface area contributed by atoms with Crippen molar-refractivity contribution in [1.29, 1.82) is 0 Å². The van der Waals surface area contributed by atoms with Gasteiger partial charge in [0.15, 0.2) is 5.82 Å². The summed E-state index contributed by atoms with van der Waals surface area (Å²) in [4.78, 5) is 0.122. The number of hydrogen-bond donors (Lipinski definition) is 2. The summed E-state index contributed by atoms with van der Waals surface area (Å²) in [6.07, 6.45) is 3.42. The summed E-state index contributed by atoms with van der Waals surface area (Å²) in [6, 6.07) is 10.2. The van der Waals surface area contributed by atoms with Crippen LogP contribution < -0.4 is 10.0 Å². The molecular weight excluding hydrogens is 388 g/mol. The molecule has 12 heteroatoms. The van der Waals surface area contributed by atoms with Crippen molar-refractivity contribution in [2.24, 2.45) is 0 Å². The normalized spacial score (nSPS) is 11.7. The highest BCUT2D eigenvalue weighted by Gasteiger charge is 2.18. The summed E-state index contributed by atoms with van der Waals surface area (Å²) in [5, 5.41) is 15.2. The van der Waals surface area contributed by atoms with E-state index >= 15 is 0 Å². The Bertz CT molecular complexity index is 1140. The molecule has 3 heterocycles. The third-order valence-corrected chi connectivity index (χ3v) is 5.69. The van der Waals surface area contributed by atoms with Crippen LogP contribution in [0.15, 0.2) is 53.7 Å². The number of hydrogen-bond acceptors (Lipinski definition) is 9. The minimum atomic E-state index is -3.68. The molecule has 138 valence electrons. The van der Waals surface area contributed by atoms with E-state index in [9.17, 15) is 8.42 Å². The van der Waals surface area contributed by atoms with Gasteiger partial charge in [0.1, 0.15) is 21.7 Å². The van der Waals surface area contributed by atoms with E-state index in [1.54, 1.807) is 47.4 Å². The van der Waals surface area contributed by atoms with Gasteiger partial charge >= 0.3 is 0 Å². The smallest absolute Gasteiger partial charge is 0.242 e. The summed E-state index contributed by atoms with van der Waals surface area (Å²) in [5.41, 5.74) is 0.941. The molecule has 0 saturated carbocycles. The van der Waals surface area contributed by atoms with Crippen LogP contribution in [0.25, 0.3) is 16.9 Å². The van der Waals surface area contributed by atoms with Crippen LogP contribution in [-0.4, -0.2) is 50.2 Å². The Hall–Kier alpha value is -2.96. The van der Waals surface area contributed by atoms with Gasteiger partial charge in [-0.2, -0.15) is 13.8 Å². The Morgan fingerprint density at radius 2 is 1.96 bits per heavy atom. The molecule has 0 atom stereocenters. The first-order valence-electron chi connectivity index (χ1n) is 7.92. The molecule has 0 fully saturated rings. The van der Waals surface area contributed by atoms with E-state index in [-0.39, 0.29) is 11.4 Å². The molecule has 4 rings (SSSR count). The van der Waals surface area contributed by atoms with Crippen LogP contribution in [0.4, 0.5) is 5.82 Å². The standard InChI is InChI=1S/C15H14N8O2S2/c24-27(25,12-4-1-3-11-15(12)22-26-21-11)18-9-8-16-13-5-6-14(20-19-13)23-10-2-7-17-23/h1-7,10,18H,8-9H2,(H,16,19). The molecule has 2 N–H and O–H groups in total.